The minimum Gasteiger partial charge on any atom is -0.326 e. The summed E-state index contributed by atoms with van der Waals surface area (Å²) in [6.45, 7) is 0. The minimum atomic E-state index is -0.275. The fourth-order valence-corrected chi connectivity index (χ4v) is 3.33. The molecular formula is C14H16FNO. The third-order valence-electron chi connectivity index (χ3n) is 4.19. The number of hydrogen-bond donors (Lipinski definition) is 1. The van der Waals surface area contributed by atoms with Gasteiger partial charge in [0.1, 0.15) is 5.82 Å². The predicted molar refractivity (Wildman–Crippen MR) is 64.0 cm³/mol. The molecule has 0 aromatic heterocycles. The van der Waals surface area contributed by atoms with E-state index in [0.717, 1.165) is 12.3 Å². The summed E-state index contributed by atoms with van der Waals surface area (Å²) in [4.78, 5) is 12.1. The number of hydrogen-bond acceptors (Lipinski definition) is 1. The van der Waals surface area contributed by atoms with Gasteiger partial charge in [0.15, 0.2) is 0 Å². The van der Waals surface area contributed by atoms with E-state index in [0.29, 0.717) is 11.6 Å². The Labute approximate surface area is 100 Å². The van der Waals surface area contributed by atoms with Crippen LogP contribution in [-0.4, -0.2) is 5.91 Å². The van der Waals surface area contributed by atoms with E-state index in [4.69, 9.17) is 0 Å². The molecule has 17 heavy (non-hydrogen) atoms. The van der Waals surface area contributed by atoms with E-state index in [2.05, 4.69) is 5.32 Å². The van der Waals surface area contributed by atoms with E-state index in [1.807, 2.05) is 0 Å². The Kier molecular flexibility index (Phi) is 2.61. The highest BCUT2D eigenvalue weighted by molar-refractivity contribution is 5.93. The second kappa shape index (κ2) is 4.13. The molecule has 90 valence electrons. The molecule has 2 aliphatic rings. The van der Waals surface area contributed by atoms with Gasteiger partial charge < -0.3 is 5.32 Å². The van der Waals surface area contributed by atoms with Crippen LogP contribution >= 0.6 is 0 Å². The van der Waals surface area contributed by atoms with E-state index < -0.39 is 0 Å². The highest BCUT2D eigenvalue weighted by Crippen LogP contribution is 2.48. The molecule has 2 aliphatic carbocycles. The SMILES string of the molecule is O=C(Nc1ccc(F)cc1)[C@H]1C[C@@H]2CC[C@@H]1C2. The highest BCUT2D eigenvalue weighted by atomic mass is 19.1. The van der Waals surface area contributed by atoms with Crippen molar-refractivity contribution in [3.63, 3.8) is 0 Å². The largest absolute Gasteiger partial charge is 0.326 e. The monoisotopic (exact) mass is 233 g/mol. The van der Waals surface area contributed by atoms with Crippen molar-refractivity contribution in [2.75, 3.05) is 5.32 Å². The maximum absolute atomic E-state index is 12.7. The van der Waals surface area contributed by atoms with E-state index in [1.54, 1.807) is 12.1 Å². The molecule has 0 radical (unpaired) electrons. The van der Waals surface area contributed by atoms with Crippen LogP contribution in [0.4, 0.5) is 10.1 Å². The first kappa shape index (κ1) is 10.8. The number of amides is 1. The molecule has 3 rings (SSSR count). The predicted octanol–water partition coefficient (Wildman–Crippen LogP) is 3.20. The molecule has 1 aromatic carbocycles. The summed E-state index contributed by atoms with van der Waals surface area (Å²) in [6.07, 6.45) is 4.76. The zero-order valence-electron chi connectivity index (χ0n) is 9.66. The lowest BCUT2D eigenvalue weighted by Crippen LogP contribution is -2.27. The first-order valence-corrected chi connectivity index (χ1v) is 6.29. The van der Waals surface area contributed by atoms with Crippen LogP contribution in [0.3, 0.4) is 0 Å². The molecule has 1 amide bonds. The molecule has 0 saturated heterocycles. The topological polar surface area (TPSA) is 29.1 Å². The normalized spacial score (nSPS) is 30.5. The fourth-order valence-electron chi connectivity index (χ4n) is 3.33. The molecule has 0 unspecified atom stereocenters. The van der Waals surface area contributed by atoms with Gasteiger partial charge in [-0.25, -0.2) is 4.39 Å². The minimum absolute atomic E-state index is 0.115. The number of benzene rings is 1. The standard InChI is InChI=1S/C14H16FNO/c15-11-3-5-12(6-4-11)16-14(17)13-8-9-1-2-10(13)7-9/h3-6,9-10,13H,1-2,7-8H2,(H,16,17)/t9-,10-,13+/m1/s1. The summed E-state index contributed by atoms with van der Waals surface area (Å²) in [5, 5.41) is 2.89. The van der Waals surface area contributed by atoms with Crippen molar-refractivity contribution in [1.29, 1.82) is 0 Å². The van der Waals surface area contributed by atoms with Crippen LogP contribution in [-0.2, 0) is 4.79 Å². The van der Waals surface area contributed by atoms with Crippen molar-refractivity contribution in [1.82, 2.24) is 0 Å². The lowest BCUT2D eigenvalue weighted by Gasteiger charge is -2.20. The Morgan fingerprint density at radius 2 is 1.94 bits per heavy atom. The summed E-state index contributed by atoms with van der Waals surface area (Å²) in [7, 11) is 0. The Hall–Kier alpha value is -1.38. The molecule has 2 nitrogen and oxygen atoms in total. The van der Waals surface area contributed by atoms with Crippen molar-refractivity contribution in [2.45, 2.75) is 25.7 Å². The van der Waals surface area contributed by atoms with Crippen molar-refractivity contribution < 1.29 is 9.18 Å². The number of carbonyl (C=O) groups excluding carboxylic acids is 1. The van der Waals surface area contributed by atoms with Crippen LogP contribution in [0.2, 0.25) is 0 Å². The molecular weight excluding hydrogens is 217 g/mol. The molecule has 3 atom stereocenters. The zero-order chi connectivity index (χ0) is 11.8. The molecule has 0 spiro atoms. The quantitative estimate of drug-likeness (QED) is 0.835. The maximum Gasteiger partial charge on any atom is 0.227 e. The Morgan fingerprint density at radius 1 is 1.18 bits per heavy atom. The summed E-state index contributed by atoms with van der Waals surface area (Å²) < 4.78 is 12.7. The summed E-state index contributed by atoms with van der Waals surface area (Å²) in [6, 6.07) is 5.97. The third kappa shape index (κ3) is 2.06. The van der Waals surface area contributed by atoms with Crippen LogP contribution in [0.15, 0.2) is 24.3 Å². The molecule has 1 aromatic rings. The van der Waals surface area contributed by atoms with Gasteiger partial charge in [0.25, 0.3) is 0 Å². The first-order valence-electron chi connectivity index (χ1n) is 6.29. The van der Waals surface area contributed by atoms with Crippen LogP contribution in [0.1, 0.15) is 25.7 Å². The maximum atomic E-state index is 12.7. The van der Waals surface area contributed by atoms with Gasteiger partial charge >= 0.3 is 0 Å². The van der Waals surface area contributed by atoms with Gasteiger partial charge in [-0.15, -0.1) is 0 Å². The van der Waals surface area contributed by atoms with Crippen LogP contribution in [0.5, 0.6) is 0 Å². The Morgan fingerprint density at radius 3 is 2.53 bits per heavy atom. The lowest BCUT2D eigenvalue weighted by molar-refractivity contribution is -0.121. The van der Waals surface area contributed by atoms with E-state index in [-0.39, 0.29) is 17.6 Å². The number of anilines is 1. The summed E-state index contributed by atoms with van der Waals surface area (Å²) in [5.41, 5.74) is 0.694. The number of carbonyl (C=O) groups is 1. The van der Waals surface area contributed by atoms with Crippen LogP contribution in [0.25, 0.3) is 0 Å². The molecule has 1 N–H and O–H groups in total. The Balaban J connectivity index is 1.65. The van der Waals surface area contributed by atoms with Gasteiger partial charge in [0.05, 0.1) is 0 Å². The average Bonchev–Trinajstić information content (AvgIpc) is 2.94. The second-order valence-electron chi connectivity index (χ2n) is 5.28. The number of nitrogens with one attached hydrogen (secondary N) is 1. The molecule has 2 bridgehead atoms. The molecule has 0 heterocycles. The number of fused-ring (bicyclic) bond motifs is 2. The molecule has 2 saturated carbocycles. The summed E-state index contributed by atoms with van der Waals surface area (Å²) in [5.74, 6) is 1.37. The molecule has 2 fully saturated rings. The van der Waals surface area contributed by atoms with Crippen molar-refractivity contribution in [2.24, 2.45) is 17.8 Å². The van der Waals surface area contributed by atoms with Crippen molar-refractivity contribution >= 4 is 11.6 Å². The number of halogens is 1. The lowest BCUT2D eigenvalue weighted by atomic mass is 9.88. The van der Waals surface area contributed by atoms with Gasteiger partial charge in [-0.05, 0) is 55.4 Å². The van der Waals surface area contributed by atoms with Gasteiger partial charge in [-0.1, -0.05) is 6.42 Å². The van der Waals surface area contributed by atoms with Crippen LogP contribution in [0, 0.1) is 23.6 Å². The number of rotatable bonds is 2. The smallest absolute Gasteiger partial charge is 0.227 e. The van der Waals surface area contributed by atoms with Gasteiger partial charge in [-0.2, -0.15) is 0 Å². The van der Waals surface area contributed by atoms with E-state index >= 15 is 0 Å². The molecule has 0 aliphatic heterocycles. The first-order chi connectivity index (χ1) is 8.22. The highest BCUT2D eigenvalue weighted by Gasteiger charge is 2.42. The van der Waals surface area contributed by atoms with Crippen molar-refractivity contribution in [3.8, 4) is 0 Å². The fraction of sp³-hybridized carbons (Fsp3) is 0.500. The van der Waals surface area contributed by atoms with E-state index in [1.165, 1.54) is 31.4 Å². The molecule has 3 heteroatoms. The van der Waals surface area contributed by atoms with E-state index in [9.17, 15) is 9.18 Å². The average molecular weight is 233 g/mol. The Bertz CT molecular complexity index is 428. The second-order valence-corrected chi connectivity index (χ2v) is 5.28. The van der Waals surface area contributed by atoms with Gasteiger partial charge in [-0.3, -0.25) is 4.79 Å². The van der Waals surface area contributed by atoms with Crippen LogP contribution < -0.4 is 5.32 Å². The zero-order valence-corrected chi connectivity index (χ0v) is 9.66. The third-order valence-corrected chi connectivity index (χ3v) is 4.19. The van der Waals surface area contributed by atoms with Gasteiger partial charge in [0.2, 0.25) is 5.91 Å². The summed E-state index contributed by atoms with van der Waals surface area (Å²) >= 11 is 0. The van der Waals surface area contributed by atoms with Gasteiger partial charge in [0, 0.05) is 11.6 Å². The van der Waals surface area contributed by atoms with Crippen molar-refractivity contribution in [3.05, 3.63) is 30.1 Å².